The van der Waals surface area contributed by atoms with Gasteiger partial charge in [0.05, 0.1) is 6.42 Å². The number of fused-ring (bicyclic) bond motifs is 1. The van der Waals surface area contributed by atoms with Crippen molar-refractivity contribution in [3.05, 3.63) is 24.5 Å². The first kappa shape index (κ1) is 11.3. The van der Waals surface area contributed by atoms with E-state index in [2.05, 4.69) is 20.3 Å². The fourth-order valence-corrected chi connectivity index (χ4v) is 1.50. The predicted octanol–water partition coefficient (Wildman–Crippen LogP) is 1.30. The predicted molar refractivity (Wildman–Crippen MR) is 62.7 cm³/mol. The second-order valence-corrected chi connectivity index (χ2v) is 3.74. The third kappa shape index (κ3) is 2.87. The van der Waals surface area contributed by atoms with Crippen molar-refractivity contribution in [3.63, 3.8) is 0 Å². The number of aliphatic carboxylic acids is 1. The lowest BCUT2D eigenvalue weighted by atomic mass is 10.2. The zero-order valence-corrected chi connectivity index (χ0v) is 9.29. The van der Waals surface area contributed by atoms with Crippen LogP contribution in [0.3, 0.4) is 0 Å². The Morgan fingerprint density at radius 3 is 2.94 bits per heavy atom. The first-order valence-corrected chi connectivity index (χ1v) is 5.21. The molecule has 88 valence electrons. The van der Waals surface area contributed by atoms with Crippen LogP contribution in [0.1, 0.15) is 13.3 Å². The van der Waals surface area contributed by atoms with Gasteiger partial charge < -0.3 is 10.4 Å². The molecule has 0 aliphatic heterocycles. The average Bonchev–Trinajstić information content (AvgIpc) is 2.27. The zero-order valence-electron chi connectivity index (χ0n) is 9.29. The number of aromatic nitrogens is 3. The molecule has 0 aromatic carbocycles. The standard InChI is InChI=1S/C11H12N4O2/c1-7(6-10(16)17)14-9-3-2-8-11(15-9)13-5-4-12-8/h2-5,7H,6H2,1H3,(H,16,17)(H,13,14,15). The molecule has 2 N–H and O–H groups in total. The third-order valence-corrected chi connectivity index (χ3v) is 2.21. The molecule has 6 heteroatoms. The Morgan fingerprint density at radius 2 is 2.18 bits per heavy atom. The largest absolute Gasteiger partial charge is 0.481 e. The third-order valence-electron chi connectivity index (χ3n) is 2.21. The van der Waals surface area contributed by atoms with Crippen molar-refractivity contribution < 1.29 is 9.90 Å². The summed E-state index contributed by atoms with van der Waals surface area (Å²) in [6.45, 7) is 1.79. The van der Waals surface area contributed by atoms with Gasteiger partial charge in [0.1, 0.15) is 11.3 Å². The highest BCUT2D eigenvalue weighted by atomic mass is 16.4. The van der Waals surface area contributed by atoms with Crippen LogP contribution in [0.25, 0.3) is 11.2 Å². The molecule has 0 radical (unpaired) electrons. The van der Waals surface area contributed by atoms with Crippen LogP contribution in [0.4, 0.5) is 5.82 Å². The van der Waals surface area contributed by atoms with E-state index in [-0.39, 0.29) is 12.5 Å². The number of rotatable bonds is 4. The summed E-state index contributed by atoms with van der Waals surface area (Å²) in [5, 5.41) is 11.7. The van der Waals surface area contributed by atoms with E-state index < -0.39 is 5.97 Å². The van der Waals surface area contributed by atoms with Gasteiger partial charge in [0, 0.05) is 18.4 Å². The van der Waals surface area contributed by atoms with Gasteiger partial charge in [-0.25, -0.2) is 9.97 Å². The molecular formula is C11H12N4O2. The highest BCUT2D eigenvalue weighted by molar-refractivity contribution is 5.72. The minimum atomic E-state index is -0.842. The number of pyridine rings is 1. The summed E-state index contributed by atoms with van der Waals surface area (Å²) in [5.74, 6) is -0.239. The number of hydrogen-bond donors (Lipinski definition) is 2. The number of hydrogen-bond acceptors (Lipinski definition) is 5. The van der Waals surface area contributed by atoms with Crippen molar-refractivity contribution in [2.24, 2.45) is 0 Å². The van der Waals surface area contributed by atoms with E-state index in [1.54, 1.807) is 31.5 Å². The van der Waals surface area contributed by atoms with Crippen LogP contribution in [0.5, 0.6) is 0 Å². The van der Waals surface area contributed by atoms with Crippen LogP contribution in [0, 0.1) is 0 Å². The lowest BCUT2D eigenvalue weighted by Crippen LogP contribution is -2.19. The van der Waals surface area contributed by atoms with Crippen molar-refractivity contribution >= 4 is 23.0 Å². The van der Waals surface area contributed by atoms with Crippen LogP contribution >= 0.6 is 0 Å². The highest BCUT2D eigenvalue weighted by Gasteiger charge is 2.08. The quantitative estimate of drug-likeness (QED) is 0.826. The second kappa shape index (κ2) is 4.73. The van der Waals surface area contributed by atoms with E-state index >= 15 is 0 Å². The molecule has 2 aromatic rings. The Kier molecular flexibility index (Phi) is 3.13. The minimum Gasteiger partial charge on any atom is -0.481 e. The lowest BCUT2D eigenvalue weighted by molar-refractivity contribution is -0.137. The monoisotopic (exact) mass is 232 g/mol. The van der Waals surface area contributed by atoms with Crippen molar-refractivity contribution in [2.75, 3.05) is 5.32 Å². The molecule has 6 nitrogen and oxygen atoms in total. The number of carboxylic acid groups (broad SMARTS) is 1. The molecule has 1 atom stereocenters. The molecule has 2 heterocycles. The van der Waals surface area contributed by atoms with Crippen molar-refractivity contribution in [2.45, 2.75) is 19.4 Å². The Bertz CT molecular complexity index is 544. The fraction of sp³-hybridized carbons (Fsp3) is 0.273. The van der Waals surface area contributed by atoms with Gasteiger partial charge in [-0.15, -0.1) is 0 Å². The van der Waals surface area contributed by atoms with E-state index in [1.807, 2.05) is 0 Å². The van der Waals surface area contributed by atoms with Crippen molar-refractivity contribution in [1.29, 1.82) is 0 Å². The van der Waals surface area contributed by atoms with Crippen molar-refractivity contribution in [3.8, 4) is 0 Å². The Balaban J connectivity index is 2.16. The molecule has 17 heavy (non-hydrogen) atoms. The Hall–Kier alpha value is -2.24. The van der Waals surface area contributed by atoms with Crippen LogP contribution in [-0.2, 0) is 4.79 Å². The zero-order chi connectivity index (χ0) is 12.3. The maximum atomic E-state index is 10.5. The number of carbonyl (C=O) groups is 1. The van der Waals surface area contributed by atoms with Crippen molar-refractivity contribution in [1.82, 2.24) is 15.0 Å². The smallest absolute Gasteiger partial charge is 0.305 e. The van der Waals surface area contributed by atoms with Crippen LogP contribution in [-0.4, -0.2) is 32.1 Å². The lowest BCUT2D eigenvalue weighted by Gasteiger charge is -2.11. The van der Waals surface area contributed by atoms with E-state index in [9.17, 15) is 4.79 Å². The minimum absolute atomic E-state index is 0.0419. The number of carboxylic acids is 1. The maximum Gasteiger partial charge on any atom is 0.305 e. The van der Waals surface area contributed by atoms with Gasteiger partial charge in [-0.05, 0) is 19.1 Å². The van der Waals surface area contributed by atoms with Crippen LogP contribution in [0.2, 0.25) is 0 Å². The van der Waals surface area contributed by atoms with E-state index in [0.29, 0.717) is 17.0 Å². The average molecular weight is 232 g/mol. The van der Waals surface area contributed by atoms with Gasteiger partial charge in [0.2, 0.25) is 0 Å². The molecule has 0 fully saturated rings. The van der Waals surface area contributed by atoms with Crippen LogP contribution in [0.15, 0.2) is 24.5 Å². The number of nitrogens with zero attached hydrogens (tertiary/aromatic N) is 3. The van der Waals surface area contributed by atoms with Gasteiger partial charge in [-0.1, -0.05) is 0 Å². The molecule has 2 rings (SSSR count). The molecule has 1 unspecified atom stereocenters. The van der Waals surface area contributed by atoms with Gasteiger partial charge in [0.15, 0.2) is 5.65 Å². The Labute approximate surface area is 97.7 Å². The number of nitrogens with one attached hydrogen (secondary N) is 1. The van der Waals surface area contributed by atoms with Crippen LogP contribution < -0.4 is 5.32 Å². The molecule has 0 aliphatic rings. The van der Waals surface area contributed by atoms with E-state index in [1.165, 1.54) is 0 Å². The summed E-state index contributed by atoms with van der Waals surface area (Å²) in [6.07, 6.45) is 3.21. The van der Waals surface area contributed by atoms with E-state index in [0.717, 1.165) is 0 Å². The summed E-state index contributed by atoms with van der Waals surface area (Å²) < 4.78 is 0. The summed E-state index contributed by atoms with van der Waals surface area (Å²) in [5.41, 5.74) is 1.25. The first-order chi connectivity index (χ1) is 8.15. The molecule has 2 aromatic heterocycles. The normalized spacial score (nSPS) is 12.3. The molecule has 0 amide bonds. The fourth-order valence-electron chi connectivity index (χ4n) is 1.50. The summed E-state index contributed by atoms with van der Waals surface area (Å²) in [4.78, 5) is 23.0. The van der Waals surface area contributed by atoms with Gasteiger partial charge >= 0.3 is 5.97 Å². The second-order valence-electron chi connectivity index (χ2n) is 3.74. The number of anilines is 1. The summed E-state index contributed by atoms with van der Waals surface area (Å²) in [6, 6.07) is 3.37. The van der Waals surface area contributed by atoms with Gasteiger partial charge in [0.25, 0.3) is 0 Å². The Morgan fingerprint density at radius 1 is 1.41 bits per heavy atom. The van der Waals surface area contributed by atoms with Gasteiger partial charge in [-0.3, -0.25) is 9.78 Å². The molecular weight excluding hydrogens is 220 g/mol. The molecule has 0 bridgehead atoms. The summed E-state index contributed by atoms with van der Waals surface area (Å²) >= 11 is 0. The molecule has 0 saturated heterocycles. The first-order valence-electron chi connectivity index (χ1n) is 5.21. The maximum absolute atomic E-state index is 10.5. The topological polar surface area (TPSA) is 88.0 Å². The van der Waals surface area contributed by atoms with E-state index in [4.69, 9.17) is 5.11 Å². The highest BCUT2D eigenvalue weighted by Crippen LogP contribution is 2.11. The molecule has 0 spiro atoms. The SMILES string of the molecule is CC(CC(=O)O)Nc1ccc2nccnc2n1. The summed E-state index contributed by atoms with van der Waals surface area (Å²) in [7, 11) is 0. The molecule has 0 aliphatic carbocycles. The van der Waals surface area contributed by atoms with Gasteiger partial charge in [-0.2, -0.15) is 0 Å². The molecule has 0 saturated carbocycles.